The molecule has 1 saturated heterocycles. The second-order valence-electron chi connectivity index (χ2n) is 7.87. The molecule has 31 heavy (non-hydrogen) atoms. The number of likely N-dealkylation sites (tertiary alicyclic amines) is 1. The van der Waals surface area contributed by atoms with E-state index in [9.17, 15) is 0 Å². The summed E-state index contributed by atoms with van der Waals surface area (Å²) in [6.07, 6.45) is 2.52. The van der Waals surface area contributed by atoms with Gasteiger partial charge in [-0.15, -0.1) is 11.3 Å². The largest absolute Gasteiger partial charge is 0.497 e. The highest BCUT2D eigenvalue weighted by Gasteiger charge is 2.24. The van der Waals surface area contributed by atoms with Gasteiger partial charge in [0, 0.05) is 33.1 Å². The fourth-order valence-corrected chi connectivity index (χ4v) is 4.78. The van der Waals surface area contributed by atoms with Crippen LogP contribution in [0, 0.1) is 0 Å². The molecule has 2 unspecified atom stereocenters. The Morgan fingerprint density at radius 1 is 1.32 bits per heavy atom. The van der Waals surface area contributed by atoms with Crippen molar-refractivity contribution in [1.29, 1.82) is 0 Å². The lowest BCUT2D eigenvalue weighted by Crippen LogP contribution is -2.43. The lowest BCUT2D eigenvalue weighted by atomic mass is 10.1. The zero-order valence-electron chi connectivity index (χ0n) is 19.3. The topological polar surface area (TPSA) is 62.2 Å². The second-order valence-corrected chi connectivity index (χ2v) is 8.76. The van der Waals surface area contributed by atoms with Crippen LogP contribution >= 0.6 is 11.3 Å². The Hall–Kier alpha value is -2.16. The van der Waals surface area contributed by atoms with Crippen molar-refractivity contribution in [3.63, 3.8) is 0 Å². The van der Waals surface area contributed by atoms with Crippen LogP contribution in [0.1, 0.15) is 48.2 Å². The van der Waals surface area contributed by atoms with Crippen molar-refractivity contribution >= 4 is 17.3 Å². The van der Waals surface area contributed by atoms with E-state index in [-0.39, 0.29) is 12.1 Å². The molecule has 0 aliphatic carbocycles. The van der Waals surface area contributed by atoms with Crippen LogP contribution in [0.3, 0.4) is 0 Å². The SMILES string of the molecule is CN=C(NCC(c1cccc(OC)c1)N1CCCC1)N(C)Cc1csc(C(C)OC)n1. The molecule has 1 fully saturated rings. The fourth-order valence-electron chi connectivity index (χ4n) is 3.93. The highest BCUT2D eigenvalue weighted by molar-refractivity contribution is 7.09. The number of aromatic nitrogens is 1. The van der Waals surface area contributed by atoms with E-state index in [0.717, 1.165) is 42.0 Å². The van der Waals surface area contributed by atoms with Gasteiger partial charge in [-0.05, 0) is 50.6 Å². The van der Waals surface area contributed by atoms with Crippen LogP contribution < -0.4 is 10.1 Å². The number of nitrogens with one attached hydrogen (secondary N) is 1. The Morgan fingerprint density at radius 2 is 2.10 bits per heavy atom. The van der Waals surface area contributed by atoms with E-state index in [2.05, 4.69) is 43.7 Å². The third-order valence-corrected chi connectivity index (χ3v) is 6.81. The van der Waals surface area contributed by atoms with Gasteiger partial charge >= 0.3 is 0 Å². The van der Waals surface area contributed by atoms with Crippen molar-refractivity contribution in [2.24, 2.45) is 4.99 Å². The number of hydrogen-bond acceptors (Lipinski definition) is 6. The first-order valence-electron chi connectivity index (χ1n) is 10.8. The third kappa shape index (κ3) is 6.18. The van der Waals surface area contributed by atoms with Crippen molar-refractivity contribution in [2.75, 3.05) is 47.9 Å². The molecule has 7 nitrogen and oxygen atoms in total. The van der Waals surface area contributed by atoms with E-state index in [1.165, 1.54) is 18.4 Å². The summed E-state index contributed by atoms with van der Waals surface area (Å²) in [6.45, 7) is 5.74. The number of ether oxygens (including phenoxy) is 2. The first-order valence-corrected chi connectivity index (χ1v) is 11.7. The Morgan fingerprint density at radius 3 is 2.77 bits per heavy atom. The molecule has 2 atom stereocenters. The van der Waals surface area contributed by atoms with E-state index in [0.29, 0.717) is 6.54 Å². The van der Waals surface area contributed by atoms with Crippen LogP contribution in [0.15, 0.2) is 34.6 Å². The van der Waals surface area contributed by atoms with Crippen LogP contribution in [-0.4, -0.2) is 68.7 Å². The monoisotopic (exact) mass is 445 g/mol. The molecule has 8 heteroatoms. The first kappa shape index (κ1) is 23.5. The van der Waals surface area contributed by atoms with Gasteiger partial charge in [-0.1, -0.05) is 12.1 Å². The van der Waals surface area contributed by atoms with Gasteiger partial charge in [0.05, 0.1) is 25.4 Å². The van der Waals surface area contributed by atoms with Crippen LogP contribution in [0.2, 0.25) is 0 Å². The highest BCUT2D eigenvalue weighted by atomic mass is 32.1. The average Bonchev–Trinajstić information content (AvgIpc) is 3.48. The van der Waals surface area contributed by atoms with Gasteiger partial charge in [0.2, 0.25) is 0 Å². The summed E-state index contributed by atoms with van der Waals surface area (Å²) in [5.74, 6) is 1.76. The Kier molecular flexibility index (Phi) is 8.69. The normalized spacial score (nSPS) is 16.9. The summed E-state index contributed by atoms with van der Waals surface area (Å²) < 4.78 is 10.8. The van der Waals surface area contributed by atoms with Crippen molar-refractivity contribution < 1.29 is 9.47 Å². The Balaban J connectivity index is 1.66. The summed E-state index contributed by atoms with van der Waals surface area (Å²) >= 11 is 1.64. The number of methoxy groups -OCH3 is 2. The van der Waals surface area contributed by atoms with Crippen molar-refractivity contribution in [3.8, 4) is 5.75 Å². The number of aliphatic imine (C=N–C) groups is 1. The molecule has 2 aromatic rings. The molecule has 0 spiro atoms. The van der Waals surface area contributed by atoms with Gasteiger partial charge in [0.1, 0.15) is 16.9 Å². The van der Waals surface area contributed by atoms with Gasteiger partial charge in [-0.25, -0.2) is 4.98 Å². The summed E-state index contributed by atoms with van der Waals surface area (Å²) in [6, 6.07) is 8.67. The number of thiazole rings is 1. The number of benzene rings is 1. The minimum absolute atomic E-state index is 0.0191. The van der Waals surface area contributed by atoms with Gasteiger partial charge in [0.15, 0.2) is 5.96 Å². The Bertz CT molecular complexity index is 850. The average molecular weight is 446 g/mol. The van der Waals surface area contributed by atoms with E-state index >= 15 is 0 Å². The maximum Gasteiger partial charge on any atom is 0.193 e. The number of hydrogen-bond donors (Lipinski definition) is 1. The van der Waals surface area contributed by atoms with Crippen molar-refractivity contribution in [3.05, 3.63) is 45.9 Å². The molecule has 3 rings (SSSR count). The molecule has 1 aromatic carbocycles. The first-order chi connectivity index (χ1) is 15.0. The van der Waals surface area contributed by atoms with Crippen molar-refractivity contribution in [2.45, 2.75) is 38.5 Å². The summed E-state index contributed by atoms with van der Waals surface area (Å²) in [5, 5.41) is 6.68. The van der Waals surface area contributed by atoms with E-state index in [1.54, 1.807) is 25.6 Å². The molecule has 0 bridgehead atoms. The molecule has 1 N–H and O–H groups in total. The smallest absolute Gasteiger partial charge is 0.193 e. The predicted molar refractivity (Wildman–Crippen MR) is 127 cm³/mol. The molecule has 0 amide bonds. The van der Waals surface area contributed by atoms with Gasteiger partial charge in [0.25, 0.3) is 0 Å². The van der Waals surface area contributed by atoms with E-state index in [4.69, 9.17) is 14.5 Å². The zero-order valence-corrected chi connectivity index (χ0v) is 20.1. The molecular weight excluding hydrogens is 410 g/mol. The Labute approximate surface area is 190 Å². The second kappa shape index (κ2) is 11.5. The number of guanidine groups is 1. The lowest BCUT2D eigenvalue weighted by Gasteiger charge is -2.30. The molecule has 0 radical (unpaired) electrons. The summed E-state index contributed by atoms with van der Waals surface area (Å²) in [4.78, 5) is 13.9. The van der Waals surface area contributed by atoms with Crippen LogP contribution in [0.25, 0.3) is 0 Å². The molecule has 0 saturated carbocycles. The van der Waals surface area contributed by atoms with Gasteiger partial charge in [-0.3, -0.25) is 9.89 Å². The number of rotatable bonds is 9. The molecule has 1 aliphatic rings. The maximum atomic E-state index is 5.46. The van der Waals surface area contributed by atoms with Crippen molar-refractivity contribution in [1.82, 2.24) is 20.1 Å². The minimum atomic E-state index is 0.0191. The highest BCUT2D eigenvalue weighted by Crippen LogP contribution is 2.27. The lowest BCUT2D eigenvalue weighted by molar-refractivity contribution is 0.119. The quantitative estimate of drug-likeness (QED) is 0.469. The summed E-state index contributed by atoms with van der Waals surface area (Å²) in [5.41, 5.74) is 2.29. The molecule has 1 aromatic heterocycles. The minimum Gasteiger partial charge on any atom is -0.497 e. The van der Waals surface area contributed by atoms with E-state index < -0.39 is 0 Å². The fraction of sp³-hybridized carbons (Fsp3) is 0.565. The van der Waals surface area contributed by atoms with E-state index in [1.807, 2.05) is 27.1 Å². The third-order valence-electron chi connectivity index (χ3n) is 5.76. The van der Waals surface area contributed by atoms with Crippen LogP contribution in [0.4, 0.5) is 0 Å². The predicted octanol–water partition coefficient (Wildman–Crippen LogP) is 3.70. The van der Waals surface area contributed by atoms with Crippen LogP contribution in [-0.2, 0) is 11.3 Å². The van der Waals surface area contributed by atoms with Gasteiger partial charge < -0.3 is 19.7 Å². The zero-order chi connectivity index (χ0) is 22.2. The molecule has 170 valence electrons. The standard InChI is InChI=1S/C23H35N5O2S/c1-17(29-4)22-26-19(16-31-22)15-27(3)23(24-2)25-14-21(28-11-6-7-12-28)18-9-8-10-20(13-18)30-5/h8-10,13,16-17,21H,6-7,11-12,14-15H2,1-5H3,(H,24,25). The number of nitrogens with zero attached hydrogens (tertiary/aromatic N) is 4. The molecular formula is C23H35N5O2S. The molecule has 1 aliphatic heterocycles. The maximum absolute atomic E-state index is 5.46. The van der Waals surface area contributed by atoms with Gasteiger partial charge in [-0.2, -0.15) is 0 Å². The van der Waals surface area contributed by atoms with Crippen LogP contribution in [0.5, 0.6) is 5.75 Å². The molecule has 2 heterocycles. The summed E-state index contributed by atoms with van der Waals surface area (Å²) in [7, 11) is 7.30.